The van der Waals surface area contributed by atoms with Crippen LogP contribution in [0.5, 0.6) is 0 Å². The van der Waals surface area contributed by atoms with Crippen molar-refractivity contribution in [3.8, 4) is 0 Å². The first kappa shape index (κ1) is 16.5. The Morgan fingerprint density at radius 1 is 1.20 bits per heavy atom. The summed E-state index contributed by atoms with van der Waals surface area (Å²) in [6.07, 6.45) is 3.61. The Balaban J connectivity index is 2.09. The van der Waals surface area contributed by atoms with Crippen LogP contribution in [0.3, 0.4) is 0 Å². The molecule has 0 atom stereocenters. The number of benzene rings is 1. The summed E-state index contributed by atoms with van der Waals surface area (Å²) in [4.78, 5) is 13.5. The molecule has 20 heavy (non-hydrogen) atoms. The lowest BCUT2D eigenvalue weighted by Crippen LogP contribution is -2.19. The van der Waals surface area contributed by atoms with Gasteiger partial charge in [0, 0.05) is 18.7 Å². The number of rotatable bonds is 9. The van der Waals surface area contributed by atoms with Gasteiger partial charge in [-0.2, -0.15) is 0 Å². The van der Waals surface area contributed by atoms with Gasteiger partial charge in [0.25, 0.3) is 0 Å². The van der Waals surface area contributed by atoms with Crippen LogP contribution in [-0.2, 0) is 16.1 Å². The molecule has 0 amide bonds. The SMILES string of the molecule is CCOC(=O)CCCCCN(C)Cc1ccc(N)cc1. The highest BCUT2D eigenvalue weighted by Crippen LogP contribution is 2.09. The zero-order chi connectivity index (χ0) is 14.8. The third-order valence-corrected chi connectivity index (χ3v) is 3.16. The standard InChI is InChI=1S/C16H26N2O2/c1-3-20-16(19)7-5-4-6-12-18(2)13-14-8-10-15(17)11-9-14/h8-11H,3-7,12-13,17H2,1-2H3. The molecule has 1 aromatic carbocycles. The number of esters is 1. The molecule has 0 fully saturated rings. The van der Waals surface area contributed by atoms with E-state index in [4.69, 9.17) is 10.5 Å². The molecular formula is C16H26N2O2. The van der Waals surface area contributed by atoms with Gasteiger partial charge in [-0.1, -0.05) is 18.6 Å². The van der Waals surface area contributed by atoms with Crippen molar-refractivity contribution in [2.24, 2.45) is 0 Å². The van der Waals surface area contributed by atoms with Gasteiger partial charge in [-0.25, -0.2) is 0 Å². The Hall–Kier alpha value is -1.55. The number of nitrogens with zero attached hydrogens (tertiary/aromatic N) is 1. The van der Waals surface area contributed by atoms with E-state index >= 15 is 0 Å². The molecule has 0 saturated carbocycles. The lowest BCUT2D eigenvalue weighted by molar-refractivity contribution is -0.143. The predicted octanol–water partition coefficient (Wildman–Crippen LogP) is 2.82. The first-order chi connectivity index (χ1) is 9.61. The second kappa shape index (κ2) is 9.37. The molecule has 1 aromatic rings. The number of hydrogen-bond acceptors (Lipinski definition) is 4. The summed E-state index contributed by atoms with van der Waals surface area (Å²) in [6.45, 7) is 4.28. The van der Waals surface area contributed by atoms with E-state index in [0.717, 1.165) is 38.0 Å². The number of nitrogen functional groups attached to an aromatic ring is 1. The molecule has 0 aliphatic carbocycles. The van der Waals surface area contributed by atoms with E-state index in [-0.39, 0.29) is 5.97 Å². The minimum atomic E-state index is -0.0808. The Morgan fingerprint density at radius 3 is 2.55 bits per heavy atom. The minimum Gasteiger partial charge on any atom is -0.466 e. The van der Waals surface area contributed by atoms with Gasteiger partial charge in [0.1, 0.15) is 0 Å². The molecule has 4 nitrogen and oxygen atoms in total. The van der Waals surface area contributed by atoms with Crippen molar-refractivity contribution < 1.29 is 9.53 Å². The van der Waals surface area contributed by atoms with Gasteiger partial charge in [0.05, 0.1) is 6.61 Å². The third kappa shape index (κ3) is 7.14. The Bertz CT molecular complexity index is 390. The summed E-state index contributed by atoms with van der Waals surface area (Å²) < 4.78 is 4.90. The summed E-state index contributed by atoms with van der Waals surface area (Å²) in [5.74, 6) is -0.0808. The molecule has 0 bridgehead atoms. The molecule has 0 unspecified atom stereocenters. The molecular weight excluding hydrogens is 252 g/mol. The van der Waals surface area contributed by atoms with E-state index < -0.39 is 0 Å². The first-order valence-electron chi connectivity index (χ1n) is 7.30. The number of ether oxygens (including phenoxy) is 1. The number of hydrogen-bond donors (Lipinski definition) is 1. The lowest BCUT2D eigenvalue weighted by atomic mass is 10.1. The van der Waals surface area contributed by atoms with E-state index in [2.05, 4.69) is 24.1 Å². The molecule has 112 valence electrons. The Morgan fingerprint density at radius 2 is 1.90 bits per heavy atom. The maximum absolute atomic E-state index is 11.2. The average molecular weight is 278 g/mol. The summed E-state index contributed by atoms with van der Waals surface area (Å²) in [5.41, 5.74) is 7.74. The molecule has 0 radical (unpaired) electrons. The summed E-state index contributed by atoms with van der Waals surface area (Å²) in [6, 6.07) is 7.99. The third-order valence-electron chi connectivity index (χ3n) is 3.16. The topological polar surface area (TPSA) is 55.6 Å². The largest absolute Gasteiger partial charge is 0.466 e. The van der Waals surface area contributed by atoms with Gasteiger partial charge in [0.15, 0.2) is 0 Å². The molecule has 0 saturated heterocycles. The van der Waals surface area contributed by atoms with E-state index in [0.29, 0.717) is 13.0 Å². The maximum Gasteiger partial charge on any atom is 0.305 e. The summed E-state index contributed by atoms with van der Waals surface area (Å²) in [7, 11) is 2.11. The lowest BCUT2D eigenvalue weighted by Gasteiger charge is -2.16. The summed E-state index contributed by atoms with van der Waals surface area (Å²) in [5, 5.41) is 0. The Labute approximate surface area is 121 Å². The second-order valence-corrected chi connectivity index (χ2v) is 5.10. The van der Waals surface area contributed by atoms with Crippen LogP contribution in [0.25, 0.3) is 0 Å². The number of anilines is 1. The highest BCUT2D eigenvalue weighted by atomic mass is 16.5. The van der Waals surface area contributed by atoms with Crippen molar-refractivity contribution in [1.29, 1.82) is 0 Å². The van der Waals surface area contributed by atoms with Gasteiger partial charge in [0.2, 0.25) is 0 Å². The molecule has 0 spiro atoms. The number of carbonyl (C=O) groups excluding carboxylic acids is 1. The van der Waals surface area contributed by atoms with Crippen molar-refractivity contribution in [3.05, 3.63) is 29.8 Å². The van der Waals surface area contributed by atoms with E-state index in [1.54, 1.807) is 0 Å². The fourth-order valence-corrected chi connectivity index (χ4v) is 2.07. The van der Waals surface area contributed by atoms with E-state index in [9.17, 15) is 4.79 Å². The van der Waals surface area contributed by atoms with Crippen LogP contribution in [0, 0.1) is 0 Å². The highest BCUT2D eigenvalue weighted by molar-refractivity contribution is 5.69. The fourth-order valence-electron chi connectivity index (χ4n) is 2.07. The zero-order valence-electron chi connectivity index (χ0n) is 12.6. The highest BCUT2D eigenvalue weighted by Gasteiger charge is 2.03. The van der Waals surface area contributed by atoms with Crippen molar-refractivity contribution in [1.82, 2.24) is 4.90 Å². The number of carbonyl (C=O) groups is 1. The normalized spacial score (nSPS) is 10.8. The fraction of sp³-hybridized carbons (Fsp3) is 0.562. The second-order valence-electron chi connectivity index (χ2n) is 5.10. The molecule has 0 aliphatic rings. The van der Waals surface area contributed by atoms with Crippen LogP contribution >= 0.6 is 0 Å². The average Bonchev–Trinajstić information content (AvgIpc) is 2.41. The monoisotopic (exact) mass is 278 g/mol. The van der Waals surface area contributed by atoms with Crippen molar-refractivity contribution in [2.45, 2.75) is 39.2 Å². The molecule has 0 aliphatic heterocycles. The minimum absolute atomic E-state index is 0.0808. The maximum atomic E-state index is 11.2. The van der Waals surface area contributed by atoms with Crippen molar-refractivity contribution >= 4 is 11.7 Å². The molecule has 1 rings (SSSR count). The van der Waals surface area contributed by atoms with Crippen molar-refractivity contribution in [3.63, 3.8) is 0 Å². The van der Waals surface area contributed by atoms with Gasteiger partial charge < -0.3 is 15.4 Å². The molecule has 0 heterocycles. The number of nitrogens with two attached hydrogens (primary N) is 1. The predicted molar refractivity (Wildman–Crippen MR) is 82.3 cm³/mol. The molecule has 0 aromatic heterocycles. The molecule has 2 N–H and O–H groups in total. The Kier molecular flexibility index (Phi) is 7.73. The van der Waals surface area contributed by atoms with Crippen LogP contribution in [0.2, 0.25) is 0 Å². The van der Waals surface area contributed by atoms with Gasteiger partial charge >= 0.3 is 5.97 Å². The van der Waals surface area contributed by atoms with Crippen LogP contribution in [0.4, 0.5) is 5.69 Å². The smallest absolute Gasteiger partial charge is 0.305 e. The van der Waals surface area contributed by atoms with Crippen LogP contribution in [0.15, 0.2) is 24.3 Å². The van der Waals surface area contributed by atoms with Crippen LogP contribution in [-0.4, -0.2) is 31.1 Å². The van der Waals surface area contributed by atoms with Crippen LogP contribution in [0.1, 0.15) is 38.2 Å². The van der Waals surface area contributed by atoms with E-state index in [1.165, 1.54) is 5.56 Å². The number of unbranched alkanes of at least 4 members (excludes halogenated alkanes) is 2. The quantitative estimate of drug-likeness (QED) is 0.429. The zero-order valence-corrected chi connectivity index (χ0v) is 12.6. The van der Waals surface area contributed by atoms with Gasteiger partial charge in [-0.05, 0) is 51.1 Å². The van der Waals surface area contributed by atoms with Crippen molar-refractivity contribution in [2.75, 3.05) is 25.9 Å². The first-order valence-corrected chi connectivity index (χ1v) is 7.30. The summed E-state index contributed by atoms with van der Waals surface area (Å²) >= 11 is 0. The van der Waals surface area contributed by atoms with Gasteiger partial charge in [-0.3, -0.25) is 4.79 Å². The van der Waals surface area contributed by atoms with Gasteiger partial charge in [-0.15, -0.1) is 0 Å². The van der Waals surface area contributed by atoms with E-state index in [1.807, 2.05) is 19.1 Å². The van der Waals surface area contributed by atoms with Crippen LogP contribution < -0.4 is 5.73 Å². The molecule has 4 heteroatoms.